The van der Waals surface area contributed by atoms with Crippen LogP contribution in [0, 0.1) is 0 Å². The van der Waals surface area contributed by atoms with Crippen molar-refractivity contribution in [2.75, 3.05) is 7.11 Å². The van der Waals surface area contributed by atoms with E-state index in [2.05, 4.69) is 0 Å². The second kappa shape index (κ2) is 4.91. The molecule has 2 rings (SSSR count). The number of carbonyl (C=O) groups is 1. The van der Waals surface area contributed by atoms with Gasteiger partial charge in [-0.2, -0.15) is 0 Å². The van der Waals surface area contributed by atoms with E-state index < -0.39 is 0 Å². The quantitative estimate of drug-likeness (QED) is 0.758. The van der Waals surface area contributed by atoms with Gasteiger partial charge in [-0.15, -0.1) is 0 Å². The zero-order valence-electron chi connectivity index (χ0n) is 10.3. The summed E-state index contributed by atoms with van der Waals surface area (Å²) in [5.74, 6) is 0.663. The Balaban J connectivity index is 2.41. The maximum atomic E-state index is 11.7. The fourth-order valence-electron chi connectivity index (χ4n) is 1.81. The summed E-state index contributed by atoms with van der Waals surface area (Å²) >= 11 is 0. The van der Waals surface area contributed by atoms with Crippen molar-refractivity contribution in [2.45, 2.75) is 6.54 Å². The van der Waals surface area contributed by atoms with Crippen molar-refractivity contribution in [3.63, 3.8) is 0 Å². The Hall–Kier alpha value is -2.30. The minimum atomic E-state index is -0.103. The Bertz CT molecular complexity index is 625. The third kappa shape index (κ3) is 2.20. The van der Waals surface area contributed by atoms with Gasteiger partial charge in [0.2, 0.25) is 0 Å². The van der Waals surface area contributed by atoms with Crippen molar-refractivity contribution in [3.8, 4) is 5.75 Å². The first-order valence-corrected chi connectivity index (χ1v) is 5.49. The van der Waals surface area contributed by atoms with E-state index in [1.165, 1.54) is 4.57 Å². The number of aromatic nitrogens is 2. The molecule has 1 heterocycles. The standard InChI is InChI=1S/C13H14N2O3/c1-14-5-6-15(13(14)17)8-11-7-10(9-16)3-4-12(11)18-2/h3-7,9H,8H2,1-2H3. The number of hydrogen-bond acceptors (Lipinski definition) is 3. The van der Waals surface area contributed by atoms with Crippen LogP contribution in [0.15, 0.2) is 35.4 Å². The highest BCUT2D eigenvalue weighted by Gasteiger charge is 2.07. The molecule has 0 saturated carbocycles. The molecule has 0 aliphatic rings. The van der Waals surface area contributed by atoms with E-state index in [4.69, 9.17) is 4.74 Å². The topological polar surface area (TPSA) is 53.2 Å². The number of nitrogens with zero attached hydrogens (tertiary/aromatic N) is 2. The van der Waals surface area contributed by atoms with Gasteiger partial charge in [-0.3, -0.25) is 9.36 Å². The number of imidazole rings is 1. The summed E-state index contributed by atoms with van der Waals surface area (Å²) in [6.45, 7) is 0.379. The maximum Gasteiger partial charge on any atom is 0.328 e. The SMILES string of the molecule is COc1ccc(C=O)cc1Cn1ccn(C)c1=O. The molecule has 5 heteroatoms. The fraction of sp³-hybridized carbons (Fsp3) is 0.231. The molecule has 1 aromatic carbocycles. The summed E-state index contributed by atoms with van der Waals surface area (Å²) in [5, 5.41) is 0. The molecule has 1 aromatic heterocycles. The van der Waals surface area contributed by atoms with Gasteiger partial charge in [-0.1, -0.05) is 0 Å². The van der Waals surface area contributed by atoms with Crippen LogP contribution in [0.3, 0.4) is 0 Å². The van der Waals surface area contributed by atoms with Crippen LogP contribution in [0.2, 0.25) is 0 Å². The molecule has 94 valence electrons. The summed E-state index contributed by atoms with van der Waals surface area (Å²) in [6.07, 6.45) is 4.17. The van der Waals surface area contributed by atoms with Gasteiger partial charge in [0.25, 0.3) is 0 Å². The van der Waals surface area contributed by atoms with Crippen LogP contribution < -0.4 is 10.4 Å². The van der Waals surface area contributed by atoms with Gasteiger partial charge in [-0.25, -0.2) is 4.79 Å². The van der Waals surface area contributed by atoms with Crippen LogP contribution in [0.4, 0.5) is 0 Å². The summed E-state index contributed by atoms with van der Waals surface area (Å²) in [6, 6.07) is 5.14. The summed E-state index contributed by atoms with van der Waals surface area (Å²) in [7, 11) is 3.26. The minimum absolute atomic E-state index is 0.103. The van der Waals surface area contributed by atoms with Crippen molar-refractivity contribution < 1.29 is 9.53 Å². The van der Waals surface area contributed by atoms with E-state index in [1.807, 2.05) is 0 Å². The molecule has 0 atom stereocenters. The van der Waals surface area contributed by atoms with Crippen LogP contribution >= 0.6 is 0 Å². The first kappa shape index (κ1) is 12.2. The lowest BCUT2D eigenvalue weighted by Crippen LogP contribution is -2.22. The van der Waals surface area contributed by atoms with Crippen LogP contribution in [0.25, 0.3) is 0 Å². The lowest BCUT2D eigenvalue weighted by atomic mass is 10.1. The molecule has 0 amide bonds. The van der Waals surface area contributed by atoms with Crippen LogP contribution in [-0.2, 0) is 13.6 Å². The van der Waals surface area contributed by atoms with Gasteiger partial charge in [0.1, 0.15) is 12.0 Å². The lowest BCUT2D eigenvalue weighted by molar-refractivity contribution is 0.112. The zero-order chi connectivity index (χ0) is 13.1. The molecular formula is C13H14N2O3. The van der Waals surface area contributed by atoms with Crippen molar-refractivity contribution in [2.24, 2.45) is 7.05 Å². The van der Waals surface area contributed by atoms with Crippen molar-refractivity contribution >= 4 is 6.29 Å². The van der Waals surface area contributed by atoms with Crippen molar-refractivity contribution in [1.29, 1.82) is 0 Å². The van der Waals surface area contributed by atoms with Crippen molar-refractivity contribution in [3.05, 3.63) is 52.2 Å². The van der Waals surface area contributed by atoms with E-state index in [-0.39, 0.29) is 5.69 Å². The molecule has 0 aliphatic heterocycles. The molecule has 0 radical (unpaired) electrons. The van der Waals surface area contributed by atoms with E-state index in [0.717, 1.165) is 11.8 Å². The summed E-state index contributed by atoms with van der Waals surface area (Å²) in [5.41, 5.74) is 1.26. The third-order valence-electron chi connectivity index (χ3n) is 2.80. The number of rotatable bonds is 4. The lowest BCUT2D eigenvalue weighted by Gasteiger charge is -2.09. The average Bonchev–Trinajstić information content (AvgIpc) is 2.70. The van der Waals surface area contributed by atoms with Gasteiger partial charge in [0.15, 0.2) is 0 Å². The van der Waals surface area contributed by atoms with Crippen LogP contribution in [-0.4, -0.2) is 22.5 Å². The van der Waals surface area contributed by atoms with Gasteiger partial charge < -0.3 is 9.30 Å². The Morgan fingerprint density at radius 1 is 1.33 bits per heavy atom. The molecule has 0 spiro atoms. The Kier molecular flexibility index (Phi) is 3.32. The Labute approximate surface area is 104 Å². The summed E-state index contributed by atoms with van der Waals surface area (Å²) < 4.78 is 8.28. The number of carbonyl (C=O) groups excluding carboxylic acids is 1. The third-order valence-corrected chi connectivity index (χ3v) is 2.80. The molecule has 0 saturated heterocycles. The Morgan fingerprint density at radius 2 is 2.11 bits per heavy atom. The predicted molar refractivity (Wildman–Crippen MR) is 67.2 cm³/mol. The first-order chi connectivity index (χ1) is 8.65. The highest BCUT2D eigenvalue weighted by atomic mass is 16.5. The number of hydrogen-bond donors (Lipinski definition) is 0. The van der Waals surface area contributed by atoms with Gasteiger partial charge in [0.05, 0.1) is 13.7 Å². The molecule has 5 nitrogen and oxygen atoms in total. The summed E-state index contributed by atoms with van der Waals surface area (Å²) in [4.78, 5) is 22.5. The van der Waals surface area contributed by atoms with E-state index in [1.54, 1.807) is 49.3 Å². The van der Waals surface area contributed by atoms with Crippen molar-refractivity contribution in [1.82, 2.24) is 9.13 Å². The normalized spacial score (nSPS) is 10.3. The maximum absolute atomic E-state index is 11.7. The van der Waals surface area contributed by atoms with Gasteiger partial charge in [0, 0.05) is 30.6 Å². The number of aryl methyl sites for hydroxylation is 1. The number of ether oxygens (including phenoxy) is 1. The monoisotopic (exact) mass is 246 g/mol. The van der Waals surface area contributed by atoms with Gasteiger partial charge >= 0.3 is 5.69 Å². The molecule has 0 aliphatic carbocycles. The van der Waals surface area contributed by atoms with Crippen LogP contribution in [0.5, 0.6) is 5.75 Å². The Morgan fingerprint density at radius 3 is 2.67 bits per heavy atom. The molecule has 2 aromatic rings. The highest BCUT2D eigenvalue weighted by Crippen LogP contribution is 2.19. The predicted octanol–water partition coefficient (Wildman–Crippen LogP) is 1.06. The van der Waals surface area contributed by atoms with Crippen LogP contribution in [0.1, 0.15) is 15.9 Å². The van der Waals surface area contributed by atoms with E-state index in [0.29, 0.717) is 17.9 Å². The number of aldehydes is 1. The smallest absolute Gasteiger partial charge is 0.328 e. The second-order valence-corrected chi connectivity index (χ2v) is 4.01. The fourth-order valence-corrected chi connectivity index (χ4v) is 1.81. The van der Waals surface area contributed by atoms with E-state index in [9.17, 15) is 9.59 Å². The molecule has 0 bridgehead atoms. The van der Waals surface area contributed by atoms with Gasteiger partial charge in [-0.05, 0) is 18.2 Å². The zero-order valence-corrected chi connectivity index (χ0v) is 10.3. The highest BCUT2D eigenvalue weighted by molar-refractivity contribution is 5.75. The molecule has 0 fully saturated rings. The first-order valence-electron chi connectivity index (χ1n) is 5.49. The molecule has 18 heavy (non-hydrogen) atoms. The number of benzene rings is 1. The van der Waals surface area contributed by atoms with E-state index >= 15 is 0 Å². The number of methoxy groups -OCH3 is 1. The molecule has 0 unspecified atom stereocenters. The minimum Gasteiger partial charge on any atom is -0.496 e. The average molecular weight is 246 g/mol. The molecule has 0 N–H and O–H groups in total. The molecular weight excluding hydrogens is 232 g/mol. The largest absolute Gasteiger partial charge is 0.496 e. The second-order valence-electron chi connectivity index (χ2n) is 4.01.